The molecule has 204 valence electrons. The lowest BCUT2D eigenvalue weighted by Gasteiger charge is -2.31. The van der Waals surface area contributed by atoms with Crippen LogP contribution in [0.2, 0.25) is 0 Å². The minimum Gasteiger partial charge on any atom is -0.497 e. The summed E-state index contributed by atoms with van der Waals surface area (Å²) in [5.41, 5.74) is 3.31. The second-order valence-electron chi connectivity index (χ2n) is 9.31. The van der Waals surface area contributed by atoms with Gasteiger partial charge in [0.05, 0.1) is 19.1 Å². The summed E-state index contributed by atoms with van der Waals surface area (Å²) in [6.45, 7) is 8.63. The van der Waals surface area contributed by atoms with Gasteiger partial charge in [-0.2, -0.15) is 0 Å². The van der Waals surface area contributed by atoms with Gasteiger partial charge in [0.2, 0.25) is 21.8 Å². The lowest BCUT2D eigenvalue weighted by molar-refractivity contribution is -0.141. The molecule has 0 heterocycles. The van der Waals surface area contributed by atoms with E-state index in [1.165, 1.54) is 10.6 Å². The summed E-state index contributed by atoms with van der Waals surface area (Å²) in [5, 5.41) is 2.91. The Bertz CT molecular complexity index is 1150. The molecule has 2 aromatic carbocycles. The quantitative estimate of drug-likeness (QED) is 0.394. The topological polar surface area (TPSA) is 96.0 Å². The molecular formula is C28H41N3O5S. The normalized spacial score (nSPS) is 12.1. The van der Waals surface area contributed by atoms with Crippen LogP contribution in [0.5, 0.6) is 5.75 Å². The van der Waals surface area contributed by atoms with Crippen molar-refractivity contribution in [1.82, 2.24) is 10.2 Å². The Balaban J connectivity index is 2.24. The first-order valence-electron chi connectivity index (χ1n) is 12.8. The Morgan fingerprint density at radius 2 is 1.73 bits per heavy atom. The summed E-state index contributed by atoms with van der Waals surface area (Å²) in [6.07, 6.45) is 2.89. The van der Waals surface area contributed by atoms with E-state index in [2.05, 4.69) is 5.32 Å². The molecule has 37 heavy (non-hydrogen) atoms. The molecule has 2 amide bonds. The molecule has 2 rings (SSSR count). The third kappa shape index (κ3) is 8.77. The standard InChI is InChI=1S/C28H41N3O5S/c1-7-17-29-28(33)25(8-2)30(20-23-13-15-24(36-5)16-14-23)27(32)10-9-18-31(37(6,34)35)26-19-21(3)11-12-22(26)4/h11-16,19,25H,7-10,17-18,20H2,1-6H3,(H,29,33). The fraction of sp³-hybridized carbons (Fsp3) is 0.500. The van der Waals surface area contributed by atoms with Crippen LogP contribution in [0, 0.1) is 13.8 Å². The van der Waals surface area contributed by atoms with Crippen molar-refractivity contribution in [2.24, 2.45) is 0 Å². The molecule has 0 saturated carbocycles. The number of nitrogens with zero attached hydrogens (tertiary/aromatic N) is 2. The highest BCUT2D eigenvalue weighted by Crippen LogP contribution is 2.25. The van der Waals surface area contributed by atoms with Crippen LogP contribution in [0.3, 0.4) is 0 Å². The summed E-state index contributed by atoms with van der Waals surface area (Å²) < 4.78 is 31.8. The maximum atomic E-state index is 13.5. The smallest absolute Gasteiger partial charge is 0.242 e. The number of amides is 2. The van der Waals surface area contributed by atoms with Gasteiger partial charge in [0.15, 0.2) is 0 Å². The van der Waals surface area contributed by atoms with Gasteiger partial charge in [-0.25, -0.2) is 8.42 Å². The fourth-order valence-corrected chi connectivity index (χ4v) is 5.20. The van der Waals surface area contributed by atoms with Gasteiger partial charge in [0.25, 0.3) is 0 Å². The number of carbonyl (C=O) groups is 2. The third-order valence-electron chi connectivity index (χ3n) is 6.23. The number of rotatable bonds is 14. The molecule has 0 aliphatic heterocycles. The van der Waals surface area contributed by atoms with Crippen LogP contribution in [0.25, 0.3) is 0 Å². The van der Waals surface area contributed by atoms with Crippen molar-refractivity contribution < 1.29 is 22.7 Å². The second-order valence-corrected chi connectivity index (χ2v) is 11.2. The Morgan fingerprint density at radius 3 is 2.30 bits per heavy atom. The molecular weight excluding hydrogens is 490 g/mol. The van der Waals surface area contributed by atoms with Crippen LogP contribution in [0.4, 0.5) is 5.69 Å². The Morgan fingerprint density at radius 1 is 1.05 bits per heavy atom. The number of anilines is 1. The average Bonchev–Trinajstić information content (AvgIpc) is 2.86. The predicted octanol–water partition coefficient (Wildman–Crippen LogP) is 4.19. The number of hydrogen-bond acceptors (Lipinski definition) is 5. The number of ether oxygens (including phenoxy) is 1. The minimum absolute atomic E-state index is 0.116. The van der Waals surface area contributed by atoms with Gasteiger partial charge in [-0.3, -0.25) is 13.9 Å². The second kappa shape index (κ2) is 14.0. The summed E-state index contributed by atoms with van der Waals surface area (Å²) in [6, 6.07) is 12.5. The molecule has 1 atom stereocenters. The zero-order valence-corrected chi connectivity index (χ0v) is 23.7. The lowest BCUT2D eigenvalue weighted by Crippen LogP contribution is -2.49. The van der Waals surface area contributed by atoms with Crippen LogP contribution in [0.1, 0.15) is 56.2 Å². The predicted molar refractivity (Wildman–Crippen MR) is 148 cm³/mol. The molecule has 0 aliphatic rings. The van der Waals surface area contributed by atoms with Crippen LogP contribution < -0.4 is 14.4 Å². The fourth-order valence-electron chi connectivity index (χ4n) is 4.18. The van der Waals surface area contributed by atoms with Crippen LogP contribution in [-0.2, 0) is 26.2 Å². The van der Waals surface area contributed by atoms with Gasteiger partial charge in [-0.05, 0) is 68.0 Å². The maximum absolute atomic E-state index is 13.5. The minimum atomic E-state index is -3.54. The van der Waals surface area contributed by atoms with E-state index in [1.807, 2.05) is 70.2 Å². The molecule has 9 heteroatoms. The van der Waals surface area contributed by atoms with E-state index in [4.69, 9.17) is 4.74 Å². The number of carbonyl (C=O) groups excluding carboxylic acids is 2. The molecule has 0 spiro atoms. The van der Waals surface area contributed by atoms with Gasteiger partial charge < -0.3 is 15.0 Å². The van der Waals surface area contributed by atoms with Gasteiger partial charge >= 0.3 is 0 Å². The lowest BCUT2D eigenvalue weighted by atomic mass is 10.1. The number of benzene rings is 2. The third-order valence-corrected chi connectivity index (χ3v) is 7.41. The van der Waals surface area contributed by atoms with Crippen molar-refractivity contribution in [3.8, 4) is 5.75 Å². The number of sulfonamides is 1. The zero-order valence-electron chi connectivity index (χ0n) is 22.9. The van der Waals surface area contributed by atoms with Crippen molar-refractivity contribution in [2.45, 2.75) is 66.0 Å². The van der Waals surface area contributed by atoms with Gasteiger partial charge in [-0.1, -0.05) is 38.1 Å². The number of methoxy groups -OCH3 is 1. The number of nitrogens with one attached hydrogen (secondary N) is 1. The van der Waals surface area contributed by atoms with E-state index < -0.39 is 16.1 Å². The molecule has 8 nitrogen and oxygen atoms in total. The highest BCUT2D eigenvalue weighted by molar-refractivity contribution is 7.92. The number of aryl methyl sites for hydroxylation is 2. The monoisotopic (exact) mass is 531 g/mol. The Kier molecular flexibility index (Phi) is 11.4. The molecule has 1 N–H and O–H groups in total. The Hall–Kier alpha value is -3.07. The van der Waals surface area contributed by atoms with Crippen LogP contribution >= 0.6 is 0 Å². The number of hydrogen-bond donors (Lipinski definition) is 1. The summed E-state index contributed by atoms with van der Waals surface area (Å²) in [5.74, 6) is 0.338. The van der Waals surface area contributed by atoms with E-state index in [0.29, 0.717) is 30.8 Å². The largest absolute Gasteiger partial charge is 0.497 e. The van der Waals surface area contributed by atoms with E-state index in [0.717, 1.165) is 23.1 Å². The zero-order chi connectivity index (χ0) is 27.6. The van der Waals surface area contributed by atoms with Crippen molar-refractivity contribution in [1.29, 1.82) is 0 Å². The van der Waals surface area contributed by atoms with E-state index in [9.17, 15) is 18.0 Å². The SMILES string of the molecule is CCCNC(=O)C(CC)N(Cc1ccc(OC)cc1)C(=O)CCCN(c1cc(C)ccc1C)S(C)(=O)=O. The van der Waals surface area contributed by atoms with Crippen LogP contribution in [0.15, 0.2) is 42.5 Å². The highest BCUT2D eigenvalue weighted by Gasteiger charge is 2.29. The molecule has 0 saturated heterocycles. The van der Waals surface area contributed by atoms with Gasteiger partial charge in [0, 0.05) is 26.1 Å². The van der Waals surface area contributed by atoms with Gasteiger partial charge in [0.1, 0.15) is 11.8 Å². The molecule has 2 aromatic rings. The van der Waals surface area contributed by atoms with Gasteiger partial charge in [-0.15, -0.1) is 0 Å². The first-order chi connectivity index (χ1) is 17.5. The summed E-state index contributed by atoms with van der Waals surface area (Å²) in [7, 11) is -1.95. The molecule has 0 radical (unpaired) electrons. The molecule has 1 unspecified atom stereocenters. The van der Waals surface area contributed by atoms with Crippen molar-refractivity contribution >= 4 is 27.5 Å². The van der Waals surface area contributed by atoms with Crippen molar-refractivity contribution in [3.05, 3.63) is 59.2 Å². The van der Waals surface area contributed by atoms with Crippen molar-refractivity contribution in [2.75, 3.05) is 30.8 Å². The van der Waals surface area contributed by atoms with E-state index in [-0.39, 0.29) is 31.3 Å². The molecule has 0 aromatic heterocycles. The molecule has 0 aliphatic carbocycles. The summed E-state index contributed by atoms with van der Waals surface area (Å²) in [4.78, 5) is 28.0. The Labute approximate surface area is 222 Å². The van der Waals surface area contributed by atoms with Crippen LogP contribution in [-0.4, -0.2) is 57.6 Å². The van der Waals surface area contributed by atoms with E-state index in [1.54, 1.807) is 12.0 Å². The molecule has 0 fully saturated rings. The highest BCUT2D eigenvalue weighted by atomic mass is 32.2. The summed E-state index contributed by atoms with van der Waals surface area (Å²) >= 11 is 0. The van der Waals surface area contributed by atoms with Crippen molar-refractivity contribution in [3.63, 3.8) is 0 Å². The molecule has 0 bridgehead atoms. The first-order valence-corrected chi connectivity index (χ1v) is 14.6. The first kappa shape index (κ1) is 30.2. The average molecular weight is 532 g/mol. The maximum Gasteiger partial charge on any atom is 0.242 e. The van der Waals surface area contributed by atoms with E-state index >= 15 is 0 Å².